The van der Waals surface area contributed by atoms with Crippen LogP contribution >= 0.6 is 0 Å². The minimum Gasteiger partial charge on any atom is -0.480 e. The Hall–Kier alpha value is -2.50. The van der Waals surface area contributed by atoms with Crippen molar-refractivity contribution in [3.05, 3.63) is 29.8 Å². The van der Waals surface area contributed by atoms with Crippen molar-refractivity contribution in [1.82, 2.24) is 5.32 Å². The van der Waals surface area contributed by atoms with Gasteiger partial charge in [-0.05, 0) is 23.8 Å². The lowest BCUT2D eigenvalue weighted by atomic mass is 10.2. The Morgan fingerprint density at radius 3 is 2.89 bits per heavy atom. The van der Waals surface area contributed by atoms with Gasteiger partial charge in [0.1, 0.15) is 6.54 Å². The van der Waals surface area contributed by atoms with Crippen molar-refractivity contribution in [1.29, 1.82) is 0 Å². The van der Waals surface area contributed by atoms with Crippen LogP contribution in [-0.4, -0.2) is 30.3 Å². The van der Waals surface area contributed by atoms with E-state index in [0.717, 1.165) is 5.56 Å². The maximum atomic E-state index is 11.2. The molecule has 6 heteroatoms. The highest BCUT2D eigenvalue weighted by Gasteiger charge is 2.12. The monoisotopic (exact) mass is 249 g/mol. The van der Waals surface area contributed by atoms with E-state index in [1.54, 1.807) is 24.3 Å². The Balaban J connectivity index is 1.96. The molecule has 0 atom stereocenters. The number of rotatable bonds is 4. The van der Waals surface area contributed by atoms with Crippen molar-refractivity contribution in [3.63, 3.8) is 0 Å². The molecule has 18 heavy (non-hydrogen) atoms. The normalized spacial score (nSPS) is 12.7. The second kappa shape index (κ2) is 5.22. The molecular weight excluding hydrogens is 238 g/mol. The maximum Gasteiger partial charge on any atom is 0.322 e. The molecule has 6 nitrogen and oxygen atoms in total. The molecule has 0 fully saturated rings. The average Bonchev–Trinajstić information content (AvgIpc) is 2.81. The van der Waals surface area contributed by atoms with Gasteiger partial charge in [0.15, 0.2) is 11.5 Å². The minimum absolute atomic E-state index is 0.196. The van der Waals surface area contributed by atoms with Gasteiger partial charge in [-0.1, -0.05) is 6.07 Å². The number of fused-ring (bicyclic) bond motifs is 1. The Kier molecular flexibility index (Phi) is 3.47. The van der Waals surface area contributed by atoms with Crippen LogP contribution in [0.5, 0.6) is 11.5 Å². The van der Waals surface area contributed by atoms with Gasteiger partial charge >= 0.3 is 5.97 Å². The second-order valence-electron chi connectivity index (χ2n) is 3.56. The van der Waals surface area contributed by atoms with E-state index in [1.165, 1.54) is 6.08 Å². The first-order valence-electron chi connectivity index (χ1n) is 5.22. The standard InChI is InChI=1S/C12H11NO5/c14-11(13-6-12(15)16)4-2-8-1-3-9-10(5-8)18-7-17-9/h1-5H,6-7H2,(H,13,14)(H,15,16). The number of aliphatic carboxylic acids is 1. The van der Waals surface area contributed by atoms with Gasteiger partial charge in [0, 0.05) is 6.08 Å². The molecular formula is C12H11NO5. The summed E-state index contributed by atoms with van der Waals surface area (Å²) < 4.78 is 10.3. The molecule has 1 aromatic rings. The predicted octanol–water partition coefficient (Wildman–Crippen LogP) is 0.629. The Morgan fingerprint density at radius 2 is 2.11 bits per heavy atom. The van der Waals surface area contributed by atoms with E-state index < -0.39 is 18.4 Å². The van der Waals surface area contributed by atoms with Gasteiger partial charge in [-0.25, -0.2) is 0 Å². The van der Waals surface area contributed by atoms with Crippen LogP contribution in [0.1, 0.15) is 5.56 Å². The molecule has 0 radical (unpaired) electrons. The second-order valence-corrected chi connectivity index (χ2v) is 3.56. The first kappa shape index (κ1) is 12.0. The molecule has 2 rings (SSSR count). The fourth-order valence-electron chi connectivity index (χ4n) is 1.41. The van der Waals surface area contributed by atoms with Crippen LogP contribution in [0, 0.1) is 0 Å². The number of hydrogen-bond acceptors (Lipinski definition) is 4. The summed E-state index contributed by atoms with van der Waals surface area (Å²) in [6, 6.07) is 5.26. The average molecular weight is 249 g/mol. The van der Waals surface area contributed by atoms with Gasteiger partial charge in [0.2, 0.25) is 12.7 Å². The number of carboxylic acid groups (broad SMARTS) is 1. The van der Waals surface area contributed by atoms with Crippen LogP contribution in [0.3, 0.4) is 0 Å². The predicted molar refractivity (Wildman–Crippen MR) is 62.2 cm³/mol. The number of ether oxygens (including phenoxy) is 2. The van der Waals surface area contributed by atoms with Crippen molar-refractivity contribution in [2.45, 2.75) is 0 Å². The van der Waals surface area contributed by atoms with Crippen molar-refractivity contribution in [2.24, 2.45) is 0 Å². The number of benzene rings is 1. The fraction of sp³-hybridized carbons (Fsp3) is 0.167. The molecule has 0 saturated carbocycles. The fourth-order valence-corrected chi connectivity index (χ4v) is 1.41. The van der Waals surface area contributed by atoms with Gasteiger partial charge < -0.3 is 19.9 Å². The molecule has 0 aromatic heterocycles. The topological polar surface area (TPSA) is 84.9 Å². The molecule has 1 amide bonds. The molecule has 0 spiro atoms. The minimum atomic E-state index is -1.08. The van der Waals surface area contributed by atoms with Gasteiger partial charge in [-0.2, -0.15) is 0 Å². The molecule has 1 heterocycles. The lowest BCUT2D eigenvalue weighted by Crippen LogP contribution is -2.27. The molecule has 1 aliphatic rings. The third kappa shape index (κ3) is 3.00. The first-order valence-corrected chi connectivity index (χ1v) is 5.22. The van der Waals surface area contributed by atoms with E-state index in [4.69, 9.17) is 14.6 Å². The highest BCUT2D eigenvalue weighted by molar-refractivity contribution is 5.93. The van der Waals surface area contributed by atoms with Crippen LogP contribution in [0.2, 0.25) is 0 Å². The summed E-state index contributed by atoms with van der Waals surface area (Å²) in [5, 5.41) is 10.6. The van der Waals surface area contributed by atoms with Gasteiger partial charge in [0.05, 0.1) is 0 Å². The highest BCUT2D eigenvalue weighted by Crippen LogP contribution is 2.32. The van der Waals surface area contributed by atoms with E-state index >= 15 is 0 Å². The van der Waals surface area contributed by atoms with E-state index in [0.29, 0.717) is 11.5 Å². The summed E-state index contributed by atoms with van der Waals surface area (Å²) in [6.07, 6.45) is 2.83. The maximum absolute atomic E-state index is 11.2. The SMILES string of the molecule is O=C(O)CNC(=O)C=Cc1ccc2c(c1)OCO2. The summed E-state index contributed by atoms with van der Waals surface area (Å²) in [7, 11) is 0. The van der Waals surface area contributed by atoms with E-state index in [9.17, 15) is 9.59 Å². The van der Waals surface area contributed by atoms with Crippen LogP contribution in [-0.2, 0) is 9.59 Å². The quantitative estimate of drug-likeness (QED) is 0.764. The largest absolute Gasteiger partial charge is 0.480 e. The van der Waals surface area contributed by atoms with Gasteiger partial charge in [-0.15, -0.1) is 0 Å². The zero-order valence-corrected chi connectivity index (χ0v) is 9.38. The first-order chi connectivity index (χ1) is 8.65. The van der Waals surface area contributed by atoms with E-state index in [1.807, 2.05) is 0 Å². The molecule has 1 aliphatic heterocycles. The van der Waals surface area contributed by atoms with E-state index in [2.05, 4.69) is 5.32 Å². The van der Waals surface area contributed by atoms with E-state index in [-0.39, 0.29) is 6.79 Å². The molecule has 2 N–H and O–H groups in total. The Labute approximate surface area is 103 Å². The smallest absolute Gasteiger partial charge is 0.322 e. The summed E-state index contributed by atoms with van der Waals surface area (Å²) in [5.74, 6) is -0.250. The zero-order chi connectivity index (χ0) is 13.0. The summed E-state index contributed by atoms with van der Waals surface area (Å²) in [5.41, 5.74) is 0.768. The molecule has 1 aromatic carbocycles. The number of carbonyl (C=O) groups is 2. The highest BCUT2D eigenvalue weighted by atomic mass is 16.7. The van der Waals surface area contributed by atoms with Crippen molar-refractivity contribution in [3.8, 4) is 11.5 Å². The molecule has 0 aliphatic carbocycles. The summed E-state index contributed by atoms with van der Waals surface area (Å²) in [6.45, 7) is -0.202. The van der Waals surface area contributed by atoms with Gasteiger partial charge in [0.25, 0.3) is 0 Å². The Bertz CT molecular complexity index is 509. The van der Waals surface area contributed by atoms with Crippen LogP contribution in [0.25, 0.3) is 6.08 Å². The molecule has 0 saturated heterocycles. The van der Waals surface area contributed by atoms with Crippen LogP contribution in [0.4, 0.5) is 0 Å². The third-order valence-corrected chi connectivity index (χ3v) is 2.24. The van der Waals surface area contributed by atoms with Crippen LogP contribution in [0.15, 0.2) is 24.3 Å². The third-order valence-electron chi connectivity index (χ3n) is 2.24. The number of carbonyl (C=O) groups excluding carboxylic acids is 1. The summed E-state index contributed by atoms with van der Waals surface area (Å²) >= 11 is 0. The molecule has 0 unspecified atom stereocenters. The number of hydrogen-bond donors (Lipinski definition) is 2. The number of amides is 1. The number of carboxylic acids is 1. The van der Waals surface area contributed by atoms with Crippen LogP contribution < -0.4 is 14.8 Å². The lowest BCUT2D eigenvalue weighted by molar-refractivity contribution is -0.137. The lowest BCUT2D eigenvalue weighted by Gasteiger charge is -1.98. The Morgan fingerprint density at radius 1 is 1.33 bits per heavy atom. The zero-order valence-electron chi connectivity index (χ0n) is 9.38. The number of nitrogens with one attached hydrogen (secondary N) is 1. The van der Waals surface area contributed by atoms with Crippen molar-refractivity contribution in [2.75, 3.05) is 13.3 Å². The summed E-state index contributed by atoms with van der Waals surface area (Å²) in [4.78, 5) is 21.5. The van der Waals surface area contributed by atoms with Gasteiger partial charge in [-0.3, -0.25) is 9.59 Å². The van der Waals surface area contributed by atoms with Crippen molar-refractivity contribution < 1.29 is 24.2 Å². The molecule has 94 valence electrons. The molecule has 0 bridgehead atoms. The van der Waals surface area contributed by atoms with Crippen molar-refractivity contribution >= 4 is 18.0 Å².